The molecule has 246 valence electrons. The maximum absolute atomic E-state index is 4.98. The lowest BCUT2D eigenvalue weighted by Gasteiger charge is -2.17. The molecule has 0 N–H and O–H groups in total. The van der Waals surface area contributed by atoms with Gasteiger partial charge < -0.3 is 0 Å². The van der Waals surface area contributed by atoms with E-state index in [2.05, 4.69) is 161 Å². The van der Waals surface area contributed by atoms with Crippen LogP contribution in [0.3, 0.4) is 0 Å². The fourth-order valence-corrected chi connectivity index (χ4v) is 8.59. The zero-order valence-corrected chi connectivity index (χ0v) is 31.8. The van der Waals surface area contributed by atoms with E-state index in [4.69, 9.17) is 15.0 Å². The van der Waals surface area contributed by atoms with Gasteiger partial charge in [-0.05, 0) is 33.4 Å². The summed E-state index contributed by atoms with van der Waals surface area (Å²) in [6.07, 6.45) is 0. The second kappa shape index (κ2) is 13.6. The Morgan fingerprint density at radius 3 is 0.940 bits per heavy atom. The fourth-order valence-electron chi connectivity index (χ4n) is 6.26. The lowest BCUT2D eigenvalue weighted by atomic mass is 9.93. The van der Waals surface area contributed by atoms with E-state index in [9.17, 15) is 0 Å². The first-order valence-corrected chi connectivity index (χ1v) is 24.4. The van der Waals surface area contributed by atoms with Gasteiger partial charge in [0.1, 0.15) is 0 Å². The van der Waals surface area contributed by atoms with Crippen molar-refractivity contribution in [1.29, 1.82) is 0 Å². The van der Waals surface area contributed by atoms with Crippen molar-refractivity contribution >= 4 is 26.5 Å². The van der Waals surface area contributed by atoms with Crippen molar-refractivity contribution in [2.24, 2.45) is 0 Å². The molecular weight excluding hydrogens is 639 g/mol. The molecule has 1 heterocycles. The molecule has 0 atom stereocenters. The maximum Gasteiger partial charge on any atom is 0.164 e. The van der Waals surface area contributed by atoms with Gasteiger partial charge >= 0.3 is 0 Å². The van der Waals surface area contributed by atoms with E-state index in [0.717, 1.165) is 22.3 Å². The molecule has 50 heavy (non-hydrogen) atoms. The molecule has 5 heteroatoms. The van der Waals surface area contributed by atoms with Crippen LogP contribution in [0.25, 0.3) is 67.5 Å². The summed E-state index contributed by atoms with van der Waals surface area (Å²) in [4.78, 5) is 14.8. The predicted molar refractivity (Wildman–Crippen MR) is 218 cm³/mol. The van der Waals surface area contributed by atoms with Gasteiger partial charge in [0, 0.05) is 16.7 Å². The second-order valence-electron chi connectivity index (χ2n) is 15.0. The summed E-state index contributed by atoms with van der Waals surface area (Å²) >= 11 is 0. The van der Waals surface area contributed by atoms with Crippen LogP contribution < -0.4 is 10.4 Å². The molecule has 0 bridgehead atoms. The summed E-state index contributed by atoms with van der Waals surface area (Å²) in [5.41, 5.74) is 10.2. The number of benzene rings is 6. The highest BCUT2D eigenvalue weighted by Crippen LogP contribution is 2.34. The van der Waals surface area contributed by atoms with Gasteiger partial charge in [0.25, 0.3) is 0 Å². The van der Waals surface area contributed by atoms with E-state index in [0.29, 0.717) is 17.5 Å². The van der Waals surface area contributed by atoms with E-state index >= 15 is 0 Å². The molecule has 6 aromatic carbocycles. The minimum absolute atomic E-state index is 0.666. The van der Waals surface area contributed by atoms with Crippen LogP contribution in [0.5, 0.6) is 0 Å². The fraction of sp³-hybridized carbons (Fsp3) is 0.133. The summed E-state index contributed by atoms with van der Waals surface area (Å²) < 4.78 is 0. The molecule has 0 spiro atoms. The molecule has 0 saturated heterocycles. The van der Waals surface area contributed by atoms with E-state index in [1.165, 1.54) is 38.2 Å². The predicted octanol–water partition coefficient (Wildman–Crippen LogP) is 11.0. The summed E-state index contributed by atoms with van der Waals surface area (Å²) in [6.45, 7) is 14.3. The second-order valence-corrected chi connectivity index (χ2v) is 25.2. The van der Waals surface area contributed by atoms with Crippen molar-refractivity contribution in [3.8, 4) is 67.5 Å². The van der Waals surface area contributed by atoms with Gasteiger partial charge in [-0.15, -0.1) is 0 Å². The van der Waals surface area contributed by atoms with Crippen molar-refractivity contribution < 1.29 is 0 Å². The van der Waals surface area contributed by atoms with Crippen LogP contribution in [-0.2, 0) is 0 Å². The summed E-state index contributed by atoms with van der Waals surface area (Å²) in [5, 5.41) is 2.90. The minimum atomic E-state index is -1.41. The Labute approximate surface area is 298 Å². The van der Waals surface area contributed by atoms with Gasteiger partial charge in [0.2, 0.25) is 0 Å². The Kier molecular flexibility index (Phi) is 9.04. The first kappa shape index (κ1) is 33.3. The van der Waals surface area contributed by atoms with Gasteiger partial charge in [0.15, 0.2) is 17.5 Å². The van der Waals surface area contributed by atoms with Crippen LogP contribution in [0.1, 0.15) is 0 Å². The maximum atomic E-state index is 4.98. The molecular formula is C45H43N3Si2. The lowest BCUT2D eigenvalue weighted by molar-refractivity contribution is 1.07. The Bertz CT molecular complexity index is 2230. The highest BCUT2D eigenvalue weighted by molar-refractivity contribution is 6.89. The molecule has 1 aromatic heterocycles. The highest BCUT2D eigenvalue weighted by atomic mass is 28.3. The topological polar surface area (TPSA) is 38.7 Å². The zero-order valence-electron chi connectivity index (χ0n) is 29.8. The molecule has 3 nitrogen and oxygen atoms in total. The minimum Gasteiger partial charge on any atom is -0.208 e. The van der Waals surface area contributed by atoms with Crippen molar-refractivity contribution in [3.05, 3.63) is 152 Å². The number of aromatic nitrogens is 3. The zero-order chi connectivity index (χ0) is 34.9. The van der Waals surface area contributed by atoms with Crippen molar-refractivity contribution in [3.63, 3.8) is 0 Å². The van der Waals surface area contributed by atoms with Crippen molar-refractivity contribution in [1.82, 2.24) is 15.0 Å². The van der Waals surface area contributed by atoms with Gasteiger partial charge in [-0.1, -0.05) is 201 Å². The van der Waals surface area contributed by atoms with E-state index in [1.807, 2.05) is 30.3 Å². The van der Waals surface area contributed by atoms with E-state index in [1.54, 1.807) is 0 Å². The quantitative estimate of drug-likeness (QED) is 0.150. The Morgan fingerprint density at radius 1 is 0.280 bits per heavy atom. The Balaban J connectivity index is 1.18. The first-order valence-electron chi connectivity index (χ1n) is 17.4. The molecule has 0 aliphatic heterocycles. The third kappa shape index (κ3) is 7.20. The summed E-state index contributed by atoms with van der Waals surface area (Å²) in [7, 11) is -2.76. The van der Waals surface area contributed by atoms with E-state index < -0.39 is 16.1 Å². The number of hydrogen-bond donors (Lipinski definition) is 0. The molecule has 0 unspecified atom stereocenters. The standard InChI is InChI=1S/C45H43N3Si2/c1-49(2,3)39-28-24-35(25-29-39)42-15-11-10-14-41(42)34-20-16-32(17-21-34)33-18-22-37(23-19-33)44-46-43(36-12-8-7-9-13-36)47-45(48-44)38-26-30-40(31-27-38)50(4,5)6/h7-31H,1-6H3. The monoisotopic (exact) mass is 681 g/mol. The molecule has 0 radical (unpaired) electrons. The largest absolute Gasteiger partial charge is 0.208 e. The van der Waals surface area contributed by atoms with Gasteiger partial charge in [-0.2, -0.15) is 0 Å². The smallest absolute Gasteiger partial charge is 0.164 e. The average Bonchev–Trinajstić information content (AvgIpc) is 3.14. The van der Waals surface area contributed by atoms with Crippen LogP contribution in [0.4, 0.5) is 0 Å². The molecule has 0 aliphatic carbocycles. The Morgan fingerprint density at radius 2 is 0.560 bits per heavy atom. The van der Waals surface area contributed by atoms with Crippen molar-refractivity contribution in [2.45, 2.75) is 39.3 Å². The molecule has 0 fully saturated rings. The highest BCUT2D eigenvalue weighted by Gasteiger charge is 2.18. The number of rotatable bonds is 8. The molecule has 7 rings (SSSR count). The van der Waals surface area contributed by atoms with E-state index in [-0.39, 0.29) is 0 Å². The van der Waals surface area contributed by atoms with Gasteiger partial charge in [0.05, 0.1) is 16.1 Å². The Hall–Kier alpha value is -5.24. The van der Waals surface area contributed by atoms with Crippen LogP contribution in [0.15, 0.2) is 152 Å². The number of nitrogens with zero attached hydrogens (tertiary/aromatic N) is 3. The van der Waals surface area contributed by atoms with Gasteiger partial charge in [-0.3, -0.25) is 0 Å². The third-order valence-corrected chi connectivity index (χ3v) is 13.5. The summed E-state index contributed by atoms with van der Waals surface area (Å²) in [6, 6.07) is 54.3. The summed E-state index contributed by atoms with van der Waals surface area (Å²) in [5.74, 6) is 2.02. The van der Waals surface area contributed by atoms with Crippen LogP contribution in [0, 0.1) is 0 Å². The average molecular weight is 682 g/mol. The lowest BCUT2D eigenvalue weighted by Crippen LogP contribution is -2.37. The van der Waals surface area contributed by atoms with Crippen LogP contribution in [0.2, 0.25) is 39.3 Å². The molecule has 7 aromatic rings. The van der Waals surface area contributed by atoms with Crippen LogP contribution in [-0.4, -0.2) is 31.1 Å². The molecule has 0 saturated carbocycles. The molecule has 0 aliphatic rings. The third-order valence-electron chi connectivity index (χ3n) is 9.34. The SMILES string of the molecule is C[Si](C)(C)c1ccc(-c2nc(-c3ccccc3)nc(-c3ccc(-c4ccc(-c5ccccc5-c5ccc([Si](C)(C)C)cc5)cc4)cc3)n2)cc1. The first-order chi connectivity index (χ1) is 24.0. The van der Waals surface area contributed by atoms with Crippen LogP contribution >= 0.6 is 0 Å². The number of hydrogen-bond acceptors (Lipinski definition) is 3. The van der Waals surface area contributed by atoms with Crippen molar-refractivity contribution in [2.75, 3.05) is 0 Å². The molecule has 0 amide bonds. The van der Waals surface area contributed by atoms with Gasteiger partial charge in [-0.25, -0.2) is 15.0 Å². The normalized spacial score (nSPS) is 11.8.